The molecule has 0 N–H and O–H groups in total. The molecule has 6 heteroatoms. The number of carbonyl (C=O) groups excluding carboxylic acids is 2. The number of rotatable bonds is 5. The maximum absolute atomic E-state index is 13.0. The van der Waals surface area contributed by atoms with Gasteiger partial charge in [0.05, 0.1) is 30.9 Å². The molecule has 6 nitrogen and oxygen atoms in total. The van der Waals surface area contributed by atoms with Gasteiger partial charge in [0.15, 0.2) is 0 Å². The molecule has 1 amide bonds. The molecule has 140 valence electrons. The van der Waals surface area contributed by atoms with Crippen molar-refractivity contribution in [2.75, 3.05) is 19.7 Å². The van der Waals surface area contributed by atoms with E-state index in [9.17, 15) is 9.59 Å². The zero-order valence-corrected chi connectivity index (χ0v) is 15.7. The molecular weight excluding hydrogens is 332 g/mol. The third-order valence-corrected chi connectivity index (χ3v) is 5.10. The maximum atomic E-state index is 13.0. The Balaban J connectivity index is 1.68. The molecule has 0 bridgehead atoms. The molecule has 0 aromatic carbocycles. The largest absolute Gasteiger partial charge is 0.467 e. The Kier molecular flexibility index (Phi) is 5.49. The van der Waals surface area contributed by atoms with Crippen molar-refractivity contribution >= 4 is 11.9 Å². The van der Waals surface area contributed by atoms with Gasteiger partial charge in [0, 0.05) is 24.5 Å². The van der Waals surface area contributed by atoms with E-state index in [0.29, 0.717) is 39.1 Å². The smallest absolute Gasteiger partial charge is 0.309 e. The minimum Gasteiger partial charge on any atom is -0.467 e. The van der Waals surface area contributed by atoms with Crippen LogP contribution in [0.2, 0.25) is 0 Å². The van der Waals surface area contributed by atoms with Crippen LogP contribution in [0.15, 0.2) is 28.9 Å². The van der Waals surface area contributed by atoms with Crippen LogP contribution in [0.3, 0.4) is 0 Å². The van der Waals surface area contributed by atoms with Crippen molar-refractivity contribution < 1.29 is 18.7 Å². The van der Waals surface area contributed by atoms with Crippen molar-refractivity contribution in [1.29, 1.82) is 0 Å². The van der Waals surface area contributed by atoms with Crippen LogP contribution in [0.25, 0.3) is 0 Å². The third kappa shape index (κ3) is 3.69. The van der Waals surface area contributed by atoms with Gasteiger partial charge >= 0.3 is 5.97 Å². The third-order valence-electron chi connectivity index (χ3n) is 5.10. The molecule has 1 aliphatic rings. The van der Waals surface area contributed by atoms with E-state index in [1.165, 1.54) is 0 Å². The van der Waals surface area contributed by atoms with Gasteiger partial charge in [0.2, 0.25) is 0 Å². The maximum Gasteiger partial charge on any atom is 0.309 e. The number of nitrogens with zero attached hydrogens (tertiary/aromatic N) is 2. The lowest BCUT2D eigenvalue weighted by molar-refractivity contribution is -0.149. The second-order valence-corrected chi connectivity index (χ2v) is 6.77. The van der Waals surface area contributed by atoms with E-state index >= 15 is 0 Å². The van der Waals surface area contributed by atoms with Crippen molar-refractivity contribution in [2.24, 2.45) is 5.92 Å². The Bertz CT molecular complexity index is 768. The van der Waals surface area contributed by atoms with E-state index in [1.807, 2.05) is 43.9 Å². The quantitative estimate of drug-likeness (QED) is 0.770. The second kappa shape index (κ2) is 7.81. The molecule has 0 saturated carbocycles. The molecule has 0 aliphatic carbocycles. The van der Waals surface area contributed by atoms with E-state index < -0.39 is 0 Å². The normalized spacial score (nSPS) is 15.3. The van der Waals surface area contributed by atoms with Crippen LogP contribution in [0.4, 0.5) is 0 Å². The van der Waals surface area contributed by atoms with Crippen LogP contribution in [0.1, 0.15) is 47.3 Å². The molecule has 1 saturated heterocycles. The molecule has 0 unspecified atom stereocenters. The number of amides is 1. The van der Waals surface area contributed by atoms with Crippen LogP contribution >= 0.6 is 0 Å². The molecule has 0 atom stereocenters. The first kappa shape index (κ1) is 18.3. The predicted octanol–water partition coefficient (Wildman–Crippen LogP) is 3.16. The molecule has 0 radical (unpaired) electrons. The lowest BCUT2D eigenvalue weighted by atomic mass is 9.96. The topological polar surface area (TPSA) is 64.7 Å². The van der Waals surface area contributed by atoms with Gasteiger partial charge < -0.3 is 18.6 Å². The average molecular weight is 358 g/mol. The van der Waals surface area contributed by atoms with Gasteiger partial charge in [-0.2, -0.15) is 0 Å². The molecule has 1 fully saturated rings. The highest BCUT2D eigenvalue weighted by Gasteiger charge is 2.30. The highest BCUT2D eigenvalue weighted by Crippen LogP contribution is 2.23. The van der Waals surface area contributed by atoms with Crippen molar-refractivity contribution in [1.82, 2.24) is 9.47 Å². The number of esters is 1. The Labute approximate surface area is 153 Å². The summed E-state index contributed by atoms with van der Waals surface area (Å²) in [7, 11) is 0. The van der Waals surface area contributed by atoms with Crippen molar-refractivity contribution in [3.05, 3.63) is 47.2 Å². The van der Waals surface area contributed by atoms with Gasteiger partial charge in [0.1, 0.15) is 5.76 Å². The molecule has 3 heterocycles. The number of aromatic nitrogens is 1. The van der Waals surface area contributed by atoms with Gasteiger partial charge in [-0.1, -0.05) is 0 Å². The summed E-state index contributed by atoms with van der Waals surface area (Å²) >= 11 is 0. The minimum absolute atomic E-state index is 0.0334. The zero-order valence-electron chi connectivity index (χ0n) is 15.7. The molecular formula is C20H26N2O4. The van der Waals surface area contributed by atoms with E-state index in [-0.39, 0.29) is 17.8 Å². The van der Waals surface area contributed by atoms with Crippen LogP contribution in [0, 0.1) is 19.8 Å². The highest BCUT2D eigenvalue weighted by atomic mass is 16.5. The summed E-state index contributed by atoms with van der Waals surface area (Å²) in [4.78, 5) is 26.7. The lowest BCUT2D eigenvalue weighted by Gasteiger charge is -2.31. The predicted molar refractivity (Wildman–Crippen MR) is 97.0 cm³/mol. The monoisotopic (exact) mass is 358 g/mol. The van der Waals surface area contributed by atoms with Crippen LogP contribution in [0.5, 0.6) is 0 Å². The second-order valence-electron chi connectivity index (χ2n) is 6.77. The first-order valence-electron chi connectivity index (χ1n) is 9.16. The number of carbonyl (C=O) groups is 2. The molecule has 0 spiro atoms. The zero-order chi connectivity index (χ0) is 18.7. The minimum atomic E-state index is -0.142. The van der Waals surface area contributed by atoms with E-state index in [4.69, 9.17) is 9.15 Å². The van der Waals surface area contributed by atoms with Gasteiger partial charge in [-0.15, -0.1) is 0 Å². The van der Waals surface area contributed by atoms with Crippen molar-refractivity contribution in [3.63, 3.8) is 0 Å². The summed E-state index contributed by atoms with van der Waals surface area (Å²) in [6, 6.07) is 5.74. The van der Waals surface area contributed by atoms with Gasteiger partial charge in [-0.05, 0) is 51.8 Å². The molecule has 1 aliphatic heterocycles. The number of aryl methyl sites for hydroxylation is 1. The highest BCUT2D eigenvalue weighted by molar-refractivity contribution is 5.96. The molecule has 26 heavy (non-hydrogen) atoms. The summed E-state index contributed by atoms with van der Waals surface area (Å²) in [5.41, 5.74) is 2.70. The fourth-order valence-electron chi connectivity index (χ4n) is 3.57. The Morgan fingerprint density at radius 3 is 2.62 bits per heavy atom. The van der Waals surface area contributed by atoms with Crippen LogP contribution in [-0.2, 0) is 16.1 Å². The first-order chi connectivity index (χ1) is 12.5. The SMILES string of the molecule is CCOC(=O)C1CCN(C(=O)c2cc(C)n(Cc3ccco3)c2C)CC1. The Morgan fingerprint density at radius 2 is 2.00 bits per heavy atom. The standard InChI is InChI=1S/C20H26N2O4/c1-4-25-20(24)16-7-9-21(10-8-16)19(23)18-12-14(2)22(15(18)3)13-17-6-5-11-26-17/h5-6,11-12,16H,4,7-10,13H2,1-3H3. The molecule has 3 rings (SSSR count). The number of hydrogen-bond acceptors (Lipinski definition) is 4. The molecule has 2 aromatic rings. The Hall–Kier alpha value is -2.50. The Morgan fingerprint density at radius 1 is 1.27 bits per heavy atom. The number of piperidine rings is 1. The number of hydrogen-bond donors (Lipinski definition) is 0. The van der Waals surface area contributed by atoms with Gasteiger partial charge in [-0.25, -0.2) is 0 Å². The first-order valence-corrected chi connectivity index (χ1v) is 9.16. The van der Waals surface area contributed by atoms with E-state index in [1.54, 1.807) is 6.26 Å². The number of ether oxygens (including phenoxy) is 1. The van der Waals surface area contributed by atoms with Crippen molar-refractivity contribution in [3.8, 4) is 0 Å². The average Bonchev–Trinajstić information content (AvgIpc) is 3.25. The summed E-state index contributed by atoms with van der Waals surface area (Å²) < 4.78 is 12.6. The molecule has 2 aromatic heterocycles. The summed E-state index contributed by atoms with van der Waals surface area (Å²) in [5, 5.41) is 0. The lowest BCUT2D eigenvalue weighted by Crippen LogP contribution is -2.40. The van der Waals surface area contributed by atoms with Crippen LogP contribution in [-0.4, -0.2) is 41.0 Å². The van der Waals surface area contributed by atoms with E-state index in [2.05, 4.69) is 4.57 Å². The number of likely N-dealkylation sites (tertiary alicyclic amines) is 1. The fraction of sp³-hybridized carbons (Fsp3) is 0.500. The summed E-state index contributed by atoms with van der Waals surface area (Å²) in [6.45, 7) is 7.97. The summed E-state index contributed by atoms with van der Waals surface area (Å²) in [5.74, 6) is 0.661. The summed E-state index contributed by atoms with van der Waals surface area (Å²) in [6.07, 6.45) is 2.98. The number of furan rings is 1. The van der Waals surface area contributed by atoms with Crippen molar-refractivity contribution in [2.45, 2.75) is 40.2 Å². The van der Waals surface area contributed by atoms with Gasteiger partial charge in [-0.3, -0.25) is 9.59 Å². The van der Waals surface area contributed by atoms with E-state index in [0.717, 1.165) is 22.7 Å². The van der Waals surface area contributed by atoms with Gasteiger partial charge in [0.25, 0.3) is 5.91 Å². The fourth-order valence-corrected chi connectivity index (χ4v) is 3.57. The van der Waals surface area contributed by atoms with Crippen LogP contribution < -0.4 is 0 Å².